The number of aromatic amines is 2. The first-order valence-corrected chi connectivity index (χ1v) is 23.1. The Bertz CT molecular complexity index is 2850. The fourth-order valence-electron chi connectivity index (χ4n) is 8.67. The number of carbonyl (C=O) groups is 2. The van der Waals surface area contributed by atoms with E-state index in [-0.39, 0.29) is 22.6 Å². The molecule has 3 aromatic heterocycles. The van der Waals surface area contributed by atoms with Crippen molar-refractivity contribution < 1.29 is 19.5 Å². The second-order valence-electron chi connectivity index (χ2n) is 16.8. The maximum absolute atomic E-state index is 13.3. The van der Waals surface area contributed by atoms with Crippen LogP contribution >= 0.6 is 21.6 Å². The van der Waals surface area contributed by atoms with Crippen LogP contribution in [-0.2, 0) is 10.8 Å². The monoisotopic (exact) mass is 830 g/mol. The number of aromatic nitrogens is 3. The van der Waals surface area contributed by atoms with Crippen LogP contribution in [0, 0.1) is 0 Å². The van der Waals surface area contributed by atoms with Crippen LogP contribution in [0.2, 0.25) is 0 Å². The van der Waals surface area contributed by atoms with Crippen molar-refractivity contribution in [1.29, 1.82) is 0 Å². The highest BCUT2D eigenvalue weighted by atomic mass is 33.1. The minimum absolute atomic E-state index is 0.0642. The Morgan fingerprint density at radius 2 is 1.35 bits per heavy atom. The van der Waals surface area contributed by atoms with Gasteiger partial charge in [-0.05, 0) is 79.3 Å². The quantitative estimate of drug-likeness (QED) is 0.0388. The zero-order valence-electron chi connectivity index (χ0n) is 34.4. The maximum Gasteiger partial charge on any atom is 0.251 e. The molecule has 0 saturated carbocycles. The van der Waals surface area contributed by atoms with Crippen molar-refractivity contribution in [3.8, 4) is 16.8 Å². The molecule has 10 heteroatoms. The average molecular weight is 831 g/mol. The molecule has 0 bridgehead atoms. The summed E-state index contributed by atoms with van der Waals surface area (Å²) in [5.41, 5.74) is 13.6. The lowest BCUT2D eigenvalue weighted by Gasteiger charge is -2.25. The number of quaternary nitrogens is 1. The Balaban J connectivity index is 0.743. The number of para-hydroxylation sites is 2. The highest BCUT2D eigenvalue weighted by molar-refractivity contribution is 8.76. The number of hydrogen-bond acceptors (Lipinski definition) is 4. The molecule has 0 saturated heterocycles. The number of pyridine rings is 1. The van der Waals surface area contributed by atoms with Crippen LogP contribution in [0.25, 0.3) is 44.2 Å². The number of fused-ring (bicyclic) bond motifs is 6. The summed E-state index contributed by atoms with van der Waals surface area (Å²) >= 11 is 0. The van der Waals surface area contributed by atoms with Crippen LogP contribution in [0.15, 0.2) is 134 Å². The van der Waals surface area contributed by atoms with Crippen LogP contribution in [0.4, 0.5) is 5.69 Å². The molecule has 4 aromatic carbocycles. The number of nitrogens with zero attached hydrogens (tertiary/aromatic N) is 1. The molecule has 60 heavy (non-hydrogen) atoms. The number of nitrogens with one attached hydrogen (secondary N) is 4. The van der Waals surface area contributed by atoms with Gasteiger partial charge in [0.25, 0.3) is 11.8 Å². The normalized spacial score (nSPS) is 16.4. The van der Waals surface area contributed by atoms with Crippen molar-refractivity contribution >= 4 is 66.5 Å². The Labute approximate surface area is 358 Å². The number of hydrogen-bond donors (Lipinski definition) is 5. The number of allylic oxidation sites excluding steroid dienone is 3. The van der Waals surface area contributed by atoms with E-state index >= 15 is 0 Å². The van der Waals surface area contributed by atoms with E-state index in [1.807, 2.05) is 18.2 Å². The number of H-pyrrole nitrogens is 2. The number of rotatable bonds is 11. The Morgan fingerprint density at radius 1 is 0.733 bits per heavy atom. The fourth-order valence-corrected chi connectivity index (χ4v) is 10.5. The molecule has 2 aliphatic heterocycles. The summed E-state index contributed by atoms with van der Waals surface area (Å²) in [6, 6.07) is 33.3. The number of carbonyl (C=O) groups excluding carboxylic acids is 2. The highest BCUT2D eigenvalue weighted by Crippen LogP contribution is 2.41. The third kappa shape index (κ3) is 7.59. The van der Waals surface area contributed by atoms with Crippen molar-refractivity contribution in [2.75, 3.05) is 24.6 Å². The number of nitrogens with two attached hydrogens (primary N) is 1. The summed E-state index contributed by atoms with van der Waals surface area (Å²) in [5.74, 6) is 1.40. The smallest absolute Gasteiger partial charge is 0.251 e. The lowest BCUT2D eigenvalue weighted by molar-refractivity contribution is -0.599. The lowest BCUT2D eigenvalue weighted by Crippen LogP contribution is -2.71. The minimum Gasteiger partial charge on any atom is -0.361 e. The second kappa shape index (κ2) is 16.3. The standard InChI is InChI=1S/C50H48N6O2S2/c1-49(2)20-17-32(38-30-54-42-11-7-5-9-36(38)42)18-21-51-44-15-13-34(27-40(44)49)47(57)52-22-25-59-60-26-23-53-48(58)35-14-16-45-41(28-35)50(3,4)46-29-33(19-24-56(45)46)39-31-55-43-12-8-6-10-37(39)43/h5-19,21,24,27-31,54H,20,22-23,25-26H2,1-4H3,(H3,51,52,53,57,58)/p+2/b21-18-,32-17+. The molecule has 2 amide bonds. The van der Waals surface area contributed by atoms with Gasteiger partial charge in [-0.1, -0.05) is 77.9 Å². The molecule has 302 valence electrons. The molecule has 7 aromatic rings. The van der Waals surface area contributed by atoms with Gasteiger partial charge in [0.1, 0.15) is 5.69 Å². The first-order valence-electron chi connectivity index (χ1n) is 20.6. The van der Waals surface area contributed by atoms with Crippen LogP contribution in [-0.4, -0.2) is 46.4 Å². The first kappa shape index (κ1) is 39.6. The van der Waals surface area contributed by atoms with Gasteiger partial charge in [0.05, 0.1) is 11.6 Å². The first-order chi connectivity index (χ1) is 29.1. The molecular weight excluding hydrogens is 781 g/mol. The summed E-state index contributed by atoms with van der Waals surface area (Å²) in [5, 5.41) is 10.8. The van der Waals surface area contributed by atoms with Gasteiger partial charge in [0.2, 0.25) is 5.69 Å². The summed E-state index contributed by atoms with van der Waals surface area (Å²) in [7, 11) is 3.40. The largest absolute Gasteiger partial charge is 0.361 e. The molecule has 0 aliphatic carbocycles. The topological polar surface area (TPSA) is 110 Å². The van der Waals surface area contributed by atoms with Crippen LogP contribution in [0.5, 0.6) is 0 Å². The Kier molecular flexibility index (Phi) is 10.8. The predicted octanol–water partition coefficient (Wildman–Crippen LogP) is 9.25. The SMILES string of the molecule is CC1(C)C/C=C(c2c[nH]c3ccccc23)\C=C/[NH2+]c2ccc(C(=O)NCCSSCCNC(=O)c3ccc4c(c3)C(C)(C)c3cc(-c5c[nH]c6ccccc56)cc[n+]3-4)cc21. The van der Waals surface area contributed by atoms with Gasteiger partial charge in [-0.25, -0.2) is 0 Å². The third-order valence-electron chi connectivity index (χ3n) is 12.0. The summed E-state index contributed by atoms with van der Waals surface area (Å²) in [6.07, 6.45) is 13.8. The molecule has 0 radical (unpaired) electrons. The van der Waals surface area contributed by atoms with Gasteiger partial charge in [0.15, 0.2) is 11.9 Å². The van der Waals surface area contributed by atoms with Crippen molar-refractivity contribution in [2.24, 2.45) is 0 Å². The van der Waals surface area contributed by atoms with E-state index in [4.69, 9.17) is 0 Å². The molecule has 0 spiro atoms. The summed E-state index contributed by atoms with van der Waals surface area (Å²) in [4.78, 5) is 33.4. The van der Waals surface area contributed by atoms with E-state index < -0.39 is 0 Å². The van der Waals surface area contributed by atoms with E-state index in [1.54, 1.807) is 21.6 Å². The molecule has 5 heterocycles. The van der Waals surface area contributed by atoms with Crippen LogP contribution in [0.3, 0.4) is 0 Å². The Morgan fingerprint density at radius 3 is 2.05 bits per heavy atom. The van der Waals surface area contributed by atoms with E-state index in [0.29, 0.717) is 24.2 Å². The van der Waals surface area contributed by atoms with Gasteiger partial charge in [0, 0.05) is 116 Å². The van der Waals surface area contributed by atoms with Crippen molar-refractivity contribution in [2.45, 2.75) is 44.9 Å². The number of benzene rings is 4. The zero-order valence-corrected chi connectivity index (χ0v) is 36.0. The zero-order chi connectivity index (χ0) is 41.4. The third-order valence-corrected chi connectivity index (χ3v) is 14.4. The molecule has 9 rings (SSSR count). The molecule has 6 N–H and O–H groups in total. The van der Waals surface area contributed by atoms with E-state index in [9.17, 15) is 9.59 Å². The molecule has 2 aliphatic rings. The molecule has 0 atom stereocenters. The van der Waals surface area contributed by atoms with Gasteiger partial charge >= 0.3 is 0 Å². The van der Waals surface area contributed by atoms with Gasteiger partial charge in [-0.3, -0.25) is 14.9 Å². The maximum atomic E-state index is 13.3. The average Bonchev–Trinajstić information content (AvgIpc) is 3.96. The molecule has 8 nitrogen and oxygen atoms in total. The van der Waals surface area contributed by atoms with Crippen molar-refractivity contribution in [3.05, 3.63) is 168 Å². The molecular formula is C50H50N6O2S2+2. The predicted molar refractivity (Wildman–Crippen MR) is 248 cm³/mol. The fraction of sp³-hybridized carbons (Fsp3) is 0.220. The number of amides is 2. The van der Waals surface area contributed by atoms with E-state index in [2.05, 4.69) is 174 Å². The highest BCUT2D eigenvalue weighted by Gasteiger charge is 2.44. The van der Waals surface area contributed by atoms with E-state index in [1.165, 1.54) is 38.7 Å². The van der Waals surface area contributed by atoms with Crippen LogP contribution in [0.1, 0.15) is 77.2 Å². The second-order valence-corrected chi connectivity index (χ2v) is 19.5. The molecule has 0 fully saturated rings. The van der Waals surface area contributed by atoms with Crippen LogP contribution < -0.4 is 20.5 Å². The Hall–Kier alpha value is -5.81. The van der Waals surface area contributed by atoms with Crippen molar-refractivity contribution in [1.82, 2.24) is 20.6 Å². The minimum atomic E-state index is -0.276. The van der Waals surface area contributed by atoms with Gasteiger partial charge in [-0.15, -0.1) is 0 Å². The van der Waals surface area contributed by atoms with E-state index in [0.717, 1.165) is 51.5 Å². The van der Waals surface area contributed by atoms with Crippen molar-refractivity contribution in [3.63, 3.8) is 0 Å². The van der Waals surface area contributed by atoms with Gasteiger partial charge < -0.3 is 20.6 Å². The summed E-state index contributed by atoms with van der Waals surface area (Å²) < 4.78 is 2.25. The molecule has 0 unspecified atom stereocenters. The summed E-state index contributed by atoms with van der Waals surface area (Å²) in [6.45, 7) is 10.1. The van der Waals surface area contributed by atoms with Gasteiger partial charge in [-0.2, -0.15) is 4.57 Å². The lowest BCUT2D eigenvalue weighted by atomic mass is 9.79.